The summed E-state index contributed by atoms with van der Waals surface area (Å²) >= 11 is 0. The Bertz CT molecular complexity index is 1650. The molecule has 1 atom stereocenters. The van der Waals surface area contributed by atoms with Crippen LogP contribution in [0.5, 0.6) is 23.0 Å². The van der Waals surface area contributed by atoms with Gasteiger partial charge in [0.15, 0.2) is 28.8 Å². The highest BCUT2D eigenvalue weighted by atomic mass is 19.1. The van der Waals surface area contributed by atoms with E-state index in [0.717, 1.165) is 12.8 Å². The van der Waals surface area contributed by atoms with Gasteiger partial charge in [-0.05, 0) is 49.6 Å². The van der Waals surface area contributed by atoms with Gasteiger partial charge >= 0.3 is 0 Å². The number of piperazine rings is 1. The fourth-order valence-corrected chi connectivity index (χ4v) is 5.84. The number of allylic oxidation sites excluding steroid dienone is 1. The van der Waals surface area contributed by atoms with Gasteiger partial charge < -0.3 is 33.3 Å². The fourth-order valence-electron chi connectivity index (χ4n) is 5.84. The Morgan fingerprint density at radius 2 is 1.60 bits per heavy atom. The van der Waals surface area contributed by atoms with Crippen molar-refractivity contribution in [1.29, 1.82) is 0 Å². The number of rotatable bonds is 9. The largest absolute Gasteiger partial charge is 0.493 e. The van der Waals surface area contributed by atoms with Crippen molar-refractivity contribution in [3.05, 3.63) is 57.6 Å². The molecule has 0 radical (unpaired) electrons. The third-order valence-corrected chi connectivity index (χ3v) is 8.07. The van der Waals surface area contributed by atoms with Crippen molar-refractivity contribution in [2.75, 3.05) is 53.0 Å². The molecule has 2 heterocycles. The number of amides is 1. The van der Waals surface area contributed by atoms with E-state index in [1.54, 1.807) is 29.3 Å². The molecule has 2 fully saturated rings. The van der Waals surface area contributed by atoms with Gasteiger partial charge in [-0.2, -0.15) is 0 Å². The van der Waals surface area contributed by atoms with Gasteiger partial charge in [0.1, 0.15) is 5.69 Å². The van der Waals surface area contributed by atoms with Gasteiger partial charge in [0, 0.05) is 44.8 Å². The summed E-state index contributed by atoms with van der Waals surface area (Å²) in [6, 6.07) is 4.50. The Morgan fingerprint density at radius 1 is 0.953 bits per heavy atom. The second-order valence-electron chi connectivity index (χ2n) is 10.8. The Hall–Kier alpha value is -4.54. The van der Waals surface area contributed by atoms with Crippen LogP contribution >= 0.6 is 0 Å². The Kier molecular flexibility index (Phi) is 8.34. The maximum absolute atomic E-state index is 15.9. The summed E-state index contributed by atoms with van der Waals surface area (Å²) in [5.74, 6) is 0.336. The maximum Gasteiger partial charge on any atom is 0.219 e. The molecule has 1 saturated heterocycles. The highest BCUT2D eigenvalue weighted by molar-refractivity contribution is 6.08. The number of hydrogen-bond donors (Lipinski definition) is 0. The lowest BCUT2D eigenvalue weighted by Crippen LogP contribution is -2.53. The molecular weight excluding hydrogens is 557 g/mol. The first-order valence-electron chi connectivity index (χ1n) is 14.1. The molecule has 0 bridgehead atoms. The number of fused-ring (bicyclic) bond motifs is 1. The molecule has 10 nitrogen and oxygen atoms in total. The zero-order valence-electron chi connectivity index (χ0n) is 25.2. The van der Waals surface area contributed by atoms with Gasteiger partial charge in [0.05, 0.1) is 44.9 Å². The number of nitrogens with zero attached hydrogens (tertiary/aromatic N) is 3. The molecule has 1 saturated carbocycles. The van der Waals surface area contributed by atoms with Crippen molar-refractivity contribution in [2.24, 2.45) is 0 Å². The van der Waals surface area contributed by atoms with Gasteiger partial charge in [-0.3, -0.25) is 14.4 Å². The molecular formula is C32H36FN3O7. The summed E-state index contributed by atoms with van der Waals surface area (Å²) < 4.78 is 39.7. The van der Waals surface area contributed by atoms with Gasteiger partial charge in [-0.25, -0.2) is 4.39 Å². The Balaban J connectivity index is 1.58. The lowest BCUT2D eigenvalue weighted by atomic mass is 10.0. The van der Waals surface area contributed by atoms with Crippen LogP contribution in [0.15, 0.2) is 35.3 Å². The minimum absolute atomic E-state index is 0.0304. The average Bonchev–Trinajstić information content (AvgIpc) is 3.84. The van der Waals surface area contributed by atoms with Crippen LogP contribution in [0.3, 0.4) is 0 Å². The molecule has 11 heteroatoms. The Labute approximate surface area is 249 Å². The number of anilines is 1. The van der Waals surface area contributed by atoms with Crippen LogP contribution in [0, 0.1) is 5.82 Å². The van der Waals surface area contributed by atoms with Gasteiger partial charge in [0.25, 0.3) is 0 Å². The minimum atomic E-state index is -0.621. The van der Waals surface area contributed by atoms with Crippen LogP contribution < -0.4 is 29.3 Å². The monoisotopic (exact) mass is 593 g/mol. The molecule has 1 aliphatic carbocycles. The van der Waals surface area contributed by atoms with Gasteiger partial charge in [-0.1, -0.05) is 6.08 Å². The van der Waals surface area contributed by atoms with Crippen LogP contribution in [0.4, 0.5) is 10.1 Å². The smallest absolute Gasteiger partial charge is 0.219 e. The molecule has 1 aliphatic heterocycles. The summed E-state index contributed by atoms with van der Waals surface area (Å²) in [6.45, 7) is 4.71. The molecule has 43 heavy (non-hydrogen) atoms. The molecule has 0 N–H and O–H groups in total. The molecule has 1 unspecified atom stereocenters. The van der Waals surface area contributed by atoms with Gasteiger partial charge in [0.2, 0.25) is 17.1 Å². The van der Waals surface area contributed by atoms with Crippen molar-refractivity contribution in [2.45, 2.75) is 38.8 Å². The summed E-state index contributed by atoms with van der Waals surface area (Å²) in [4.78, 5) is 42.8. The molecule has 1 aromatic heterocycles. The van der Waals surface area contributed by atoms with E-state index in [2.05, 4.69) is 0 Å². The topological polar surface area (TPSA) is 99.5 Å². The van der Waals surface area contributed by atoms with Crippen molar-refractivity contribution in [3.8, 4) is 23.0 Å². The molecule has 3 aromatic rings. The van der Waals surface area contributed by atoms with Crippen LogP contribution in [0.1, 0.15) is 48.7 Å². The number of pyridine rings is 1. The first kappa shape index (κ1) is 29.9. The van der Waals surface area contributed by atoms with E-state index in [1.807, 2.05) is 16.4 Å². The second-order valence-corrected chi connectivity index (χ2v) is 10.8. The first-order valence-corrected chi connectivity index (χ1v) is 14.1. The first-order chi connectivity index (χ1) is 20.6. The standard InChI is InChI=1S/C32H36FN3O7/c1-18-16-34(11-12-35(18)19(2)37)29-24(33)15-22-28(32(29)43-6)36(21-8-9-21)17-23(30(22)39)25(38)10-7-20-13-26(40-3)31(42-5)27(14-20)41-4/h7,10,13-15,17-18,21H,8-9,11-12,16H2,1-6H3. The third-order valence-electron chi connectivity index (χ3n) is 8.07. The molecule has 1 amide bonds. The van der Waals surface area contributed by atoms with E-state index in [9.17, 15) is 14.4 Å². The number of ketones is 1. The van der Waals surface area contributed by atoms with Crippen molar-refractivity contribution in [3.63, 3.8) is 0 Å². The maximum atomic E-state index is 15.9. The lowest BCUT2D eigenvalue weighted by molar-refractivity contribution is -0.131. The highest BCUT2D eigenvalue weighted by Crippen LogP contribution is 2.44. The summed E-state index contributed by atoms with van der Waals surface area (Å²) in [7, 11) is 5.95. The van der Waals surface area contributed by atoms with Crippen LogP contribution in [-0.4, -0.2) is 75.3 Å². The van der Waals surface area contributed by atoms with Crippen LogP contribution in [-0.2, 0) is 4.79 Å². The van der Waals surface area contributed by atoms with E-state index in [1.165, 1.54) is 47.5 Å². The number of hydrogen-bond acceptors (Lipinski definition) is 8. The number of carbonyl (C=O) groups is 2. The quantitative estimate of drug-likeness (QED) is 0.265. The molecule has 2 aromatic carbocycles. The fraction of sp³-hybridized carbons (Fsp3) is 0.406. The van der Waals surface area contributed by atoms with E-state index in [0.29, 0.717) is 48.0 Å². The third kappa shape index (κ3) is 5.51. The normalized spacial score (nSPS) is 17.0. The predicted octanol–water partition coefficient (Wildman–Crippen LogP) is 4.46. The lowest BCUT2D eigenvalue weighted by Gasteiger charge is -2.41. The molecule has 0 spiro atoms. The molecule has 5 rings (SSSR count). The van der Waals surface area contributed by atoms with Crippen molar-refractivity contribution >= 4 is 34.4 Å². The summed E-state index contributed by atoms with van der Waals surface area (Å²) in [5.41, 5.74) is 0.659. The van der Waals surface area contributed by atoms with Crippen LogP contribution in [0.2, 0.25) is 0 Å². The van der Waals surface area contributed by atoms with E-state index < -0.39 is 17.0 Å². The predicted molar refractivity (Wildman–Crippen MR) is 162 cm³/mol. The molecule has 2 aliphatic rings. The van der Waals surface area contributed by atoms with Crippen molar-refractivity contribution in [1.82, 2.24) is 9.47 Å². The summed E-state index contributed by atoms with van der Waals surface area (Å²) in [5, 5.41) is 0.0763. The van der Waals surface area contributed by atoms with Crippen molar-refractivity contribution < 1.29 is 32.9 Å². The number of aromatic nitrogens is 1. The number of methoxy groups -OCH3 is 4. The number of carbonyl (C=O) groups excluding carboxylic acids is 2. The average molecular weight is 594 g/mol. The van der Waals surface area contributed by atoms with Gasteiger partial charge in [-0.15, -0.1) is 0 Å². The Morgan fingerprint density at radius 3 is 2.14 bits per heavy atom. The van der Waals surface area contributed by atoms with Crippen LogP contribution in [0.25, 0.3) is 17.0 Å². The number of ether oxygens (including phenoxy) is 4. The number of benzene rings is 2. The molecule has 228 valence electrons. The summed E-state index contributed by atoms with van der Waals surface area (Å²) in [6.07, 6.45) is 6.14. The zero-order valence-corrected chi connectivity index (χ0v) is 25.2. The number of halogens is 1. The minimum Gasteiger partial charge on any atom is -0.493 e. The SMILES string of the molecule is COc1cc(C=CC(=O)c2cn(C3CC3)c3c(OC)c(N4CCN(C(C)=O)C(C)C4)c(F)cc3c2=O)cc(OC)c1OC. The van der Waals surface area contributed by atoms with E-state index >= 15 is 4.39 Å². The zero-order chi connectivity index (χ0) is 31.0. The van der Waals surface area contributed by atoms with E-state index in [4.69, 9.17) is 18.9 Å². The highest BCUT2D eigenvalue weighted by Gasteiger charge is 2.33. The second kappa shape index (κ2) is 12.0. The van der Waals surface area contributed by atoms with E-state index in [-0.39, 0.29) is 40.4 Å².